The van der Waals surface area contributed by atoms with E-state index >= 15 is 0 Å². The van der Waals surface area contributed by atoms with Gasteiger partial charge in [-0.05, 0) is 12.1 Å². The first kappa shape index (κ1) is 10.5. The van der Waals surface area contributed by atoms with E-state index in [-0.39, 0.29) is 16.9 Å². The molecule has 84 valence electrons. The van der Waals surface area contributed by atoms with E-state index in [9.17, 15) is 18.0 Å². The normalized spacial score (nSPS) is 11.9. The summed E-state index contributed by atoms with van der Waals surface area (Å²) in [5.74, 6) is 0.0440. The molecule has 0 aliphatic carbocycles. The van der Waals surface area contributed by atoms with Crippen LogP contribution in [-0.4, -0.2) is 9.97 Å². The minimum Gasteiger partial charge on any atom is -0.384 e. The van der Waals surface area contributed by atoms with Crippen molar-refractivity contribution in [1.29, 1.82) is 0 Å². The van der Waals surface area contributed by atoms with Crippen molar-refractivity contribution in [3.05, 3.63) is 34.1 Å². The van der Waals surface area contributed by atoms with Gasteiger partial charge >= 0.3 is 6.18 Å². The fourth-order valence-corrected chi connectivity index (χ4v) is 1.29. The lowest BCUT2D eigenvalue weighted by Gasteiger charge is -2.07. The molecule has 0 bridgehead atoms. The number of aromatic amines is 1. The minimum absolute atomic E-state index is 0.0440. The highest BCUT2D eigenvalue weighted by Crippen LogP contribution is 2.27. The summed E-state index contributed by atoms with van der Waals surface area (Å²) >= 11 is 0. The van der Waals surface area contributed by atoms with Gasteiger partial charge in [-0.15, -0.1) is 0 Å². The summed E-state index contributed by atoms with van der Waals surface area (Å²) in [6, 6.07) is 3.18. The molecular weight excluding hydrogens is 223 g/mol. The van der Waals surface area contributed by atoms with E-state index in [0.717, 1.165) is 0 Å². The molecule has 2 heterocycles. The van der Waals surface area contributed by atoms with Crippen LogP contribution in [0.2, 0.25) is 0 Å². The summed E-state index contributed by atoms with van der Waals surface area (Å²) in [4.78, 5) is 17.0. The molecule has 0 spiro atoms. The number of alkyl halides is 3. The SMILES string of the molecule is Nc1ccc2c(=O)cc(C(F)(F)F)[nH]c2n1. The molecule has 0 aromatic carbocycles. The van der Waals surface area contributed by atoms with Crippen LogP contribution in [0.1, 0.15) is 5.69 Å². The Hall–Kier alpha value is -2.05. The number of H-pyrrole nitrogens is 1. The third-order valence-electron chi connectivity index (χ3n) is 2.02. The number of nitrogen functional groups attached to an aromatic ring is 1. The van der Waals surface area contributed by atoms with Crippen molar-refractivity contribution >= 4 is 16.9 Å². The highest BCUT2D eigenvalue weighted by Gasteiger charge is 2.32. The number of hydrogen-bond acceptors (Lipinski definition) is 3. The lowest BCUT2D eigenvalue weighted by atomic mass is 10.2. The van der Waals surface area contributed by atoms with Gasteiger partial charge in [0.1, 0.15) is 17.2 Å². The van der Waals surface area contributed by atoms with Crippen LogP contribution in [0.4, 0.5) is 19.0 Å². The molecule has 2 aromatic heterocycles. The van der Waals surface area contributed by atoms with E-state index in [4.69, 9.17) is 5.73 Å². The molecule has 0 radical (unpaired) electrons. The van der Waals surface area contributed by atoms with Gasteiger partial charge in [-0.3, -0.25) is 4.79 Å². The first-order valence-corrected chi connectivity index (χ1v) is 4.24. The summed E-state index contributed by atoms with van der Waals surface area (Å²) < 4.78 is 37.1. The number of hydrogen-bond donors (Lipinski definition) is 2. The van der Waals surface area contributed by atoms with Crippen LogP contribution in [-0.2, 0) is 6.18 Å². The summed E-state index contributed by atoms with van der Waals surface area (Å²) in [6.07, 6.45) is -4.61. The number of nitrogens with two attached hydrogens (primary N) is 1. The van der Waals surface area contributed by atoms with Crippen LogP contribution in [0, 0.1) is 0 Å². The van der Waals surface area contributed by atoms with Gasteiger partial charge in [0.2, 0.25) is 0 Å². The van der Waals surface area contributed by atoms with Crippen molar-refractivity contribution in [1.82, 2.24) is 9.97 Å². The molecule has 2 aromatic rings. The van der Waals surface area contributed by atoms with Gasteiger partial charge in [0.05, 0.1) is 5.39 Å². The largest absolute Gasteiger partial charge is 0.431 e. The van der Waals surface area contributed by atoms with Crippen molar-refractivity contribution in [3.63, 3.8) is 0 Å². The Morgan fingerprint density at radius 1 is 1.31 bits per heavy atom. The number of anilines is 1. The molecule has 7 heteroatoms. The van der Waals surface area contributed by atoms with Crippen LogP contribution >= 0.6 is 0 Å². The number of nitrogens with one attached hydrogen (secondary N) is 1. The molecule has 0 amide bonds. The number of nitrogens with zero attached hydrogens (tertiary/aromatic N) is 1. The topological polar surface area (TPSA) is 71.8 Å². The maximum atomic E-state index is 12.4. The maximum Gasteiger partial charge on any atom is 0.431 e. The van der Waals surface area contributed by atoms with E-state index in [1.807, 2.05) is 4.98 Å². The van der Waals surface area contributed by atoms with Crippen LogP contribution in [0.15, 0.2) is 23.0 Å². The first-order chi connectivity index (χ1) is 7.38. The highest BCUT2D eigenvalue weighted by atomic mass is 19.4. The molecule has 16 heavy (non-hydrogen) atoms. The fourth-order valence-electron chi connectivity index (χ4n) is 1.29. The zero-order chi connectivity index (χ0) is 11.9. The van der Waals surface area contributed by atoms with Crippen LogP contribution in [0.5, 0.6) is 0 Å². The third kappa shape index (κ3) is 1.71. The van der Waals surface area contributed by atoms with Gasteiger partial charge < -0.3 is 10.7 Å². The van der Waals surface area contributed by atoms with Crippen molar-refractivity contribution in [2.24, 2.45) is 0 Å². The Morgan fingerprint density at radius 3 is 2.62 bits per heavy atom. The molecule has 3 N–H and O–H groups in total. The zero-order valence-electron chi connectivity index (χ0n) is 7.80. The second-order valence-corrected chi connectivity index (χ2v) is 3.18. The average molecular weight is 229 g/mol. The molecule has 0 saturated heterocycles. The third-order valence-corrected chi connectivity index (χ3v) is 2.02. The van der Waals surface area contributed by atoms with Gasteiger partial charge in [0.15, 0.2) is 5.43 Å². The summed E-state index contributed by atoms with van der Waals surface area (Å²) in [7, 11) is 0. The molecule has 0 saturated carbocycles. The Kier molecular flexibility index (Phi) is 2.11. The van der Waals surface area contributed by atoms with Gasteiger partial charge in [0, 0.05) is 6.07 Å². The quantitative estimate of drug-likeness (QED) is 0.719. The number of aromatic nitrogens is 2. The van der Waals surface area contributed by atoms with E-state index in [1.54, 1.807) is 0 Å². The molecule has 0 unspecified atom stereocenters. The molecule has 0 atom stereocenters. The smallest absolute Gasteiger partial charge is 0.384 e. The van der Waals surface area contributed by atoms with Crippen molar-refractivity contribution in [2.75, 3.05) is 5.73 Å². The summed E-state index contributed by atoms with van der Waals surface area (Å²) in [5.41, 5.74) is 3.27. The summed E-state index contributed by atoms with van der Waals surface area (Å²) in [5, 5.41) is 0.0715. The second kappa shape index (κ2) is 3.22. The zero-order valence-corrected chi connectivity index (χ0v) is 7.80. The van der Waals surface area contributed by atoms with Crippen LogP contribution in [0.3, 0.4) is 0 Å². The van der Waals surface area contributed by atoms with Gasteiger partial charge in [-0.1, -0.05) is 0 Å². The van der Waals surface area contributed by atoms with Gasteiger partial charge in [-0.2, -0.15) is 13.2 Å². The Bertz CT molecular complexity index is 603. The molecule has 2 rings (SSSR count). The molecule has 0 fully saturated rings. The highest BCUT2D eigenvalue weighted by molar-refractivity contribution is 5.76. The van der Waals surface area contributed by atoms with Gasteiger partial charge in [-0.25, -0.2) is 4.98 Å². The number of halogens is 3. The molecule has 0 aliphatic rings. The number of rotatable bonds is 0. The Labute approximate surface area is 86.9 Å². The van der Waals surface area contributed by atoms with Gasteiger partial charge in [0.25, 0.3) is 0 Å². The Balaban J connectivity index is 2.80. The number of pyridine rings is 2. The predicted molar refractivity (Wildman–Crippen MR) is 51.8 cm³/mol. The average Bonchev–Trinajstić information content (AvgIpc) is 2.15. The predicted octanol–water partition coefficient (Wildman–Crippen LogP) is 1.52. The first-order valence-electron chi connectivity index (χ1n) is 4.24. The molecule has 0 aliphatic heterocycles. The minimum atomic E-state index is -4.61. The standard InChI is InChI=1S/C9H6F3N3O/c10-9(11,12)6-3-5(16)4-1-2-7(13)15-8(4)14-6/h1-3H,(H3,13,14,15,16). The van der Waals surface area contributed by atoms with E-state index in [1.165, 1.54) is 12.1 Å². The van der Waals surface area contributed by atoms with E-state index in [2.05, 4.69) is 4.98 Å². The van der Waals surface area contributed by atoms with Crippen molar-refractivity contribution < 1.29 is 13.2 Å². The summed E-state index contributed by atoms with van der Waals surface area (Å²) in [6.45, 7) is 0. The van der Waals surface area contributed by atoms with E-state index < -0.39 is 17.3 Å². The molecule has 4 nitrogen and oxygen atoms in total. The second-order valence-electron chi connectivity index (χ2n) is 3.18. The fraction of sp³-hybridized carbons (Fsp3) is 0.111. The molecular formula is C9H6F3N3O. The lowest BCUT2D eigenvalue weighted by molar-refractivity contribution is -0.141. The van der Waals surface area contributed by atoms with Crippen molar-refractivity contribution in [3.8, 4) is 0 Å². The lowest BCUT2D eigenvalue weighted by Crippen LogP contribution is -2.14. The van der Waals surface area contributed by atoms with Crippen molar-refractivity contribution in [2.45, 2.75) is 6.18 Å². The monoisotopic (exact) mass is 229 g/mol. The van der Waals surface area contributed by atoms with Crippen LogP contribution in [0.25, 0.3) is 11.0 Å². The van der Waals surface area contributed by atoms with Crippen LogP contribution < -0.4 is 11.2 Å². The maximum absolute atomic E-state index is 12.4. The number of fused-ring (bicyclic) bond motifs is 1. The Morgan fingerprint density at radius 2 is 2.00 bits per heavy atom. The van der Waals surface area contributed by atoms with E-state index in [0.29, 0.717) is 6.07 Å².